The lowest BCUT2D eigenvalue weighted by Crippen LogP contribution is -2.37. The van der Waals surface area contributed by atoms with Gasteiger partial charge in [0.2, 0.25) is 0 Å². The number of benzene rings is 2. The van der Waals surface area contributed by atoms with Crippen LogP contribution in [0.5, 0.6) is 5.75 Å². The molecule has 0 radical (unpaired) electrons. The third-order valence-electron chi connectivity index (χ3n) is 3.83. The van der Waals surface area contributed by atoms with Crippen molar-refractivity contribution in [1.82, 2.24) is 5.32 Å². The Kier molecular flexibility index (Phi) is 5.40. The minimum Gasteiger partial charge on any atom is -0.489 e. The van der Waals surface area contributed by atoms with Gasteiger partial charge in [0.15, 0.2) is 0 Å². The van der Waals surface area contributed by atoms with Gasteiger partial charge in [-0.05, 0) is 43.5 Å². The first-order chi connectivity index (χ1) is 10.1. The summed E-state index contributed by atoms with van der Waals surface area (Å²) in [7, 11) is 0. The monoisotopic (exact) mass is 283 g/mol. The largest absolute Gasteiger partial charge is 0.489 e. The Morgan fingerprint density at radius 2 is 1.57 bits per heavy atom. The van der Waals surface area contributed by atoms with Gasteiger partial charge in [-0.2, -0.15) is 0 Å². The van der Waals surface area contributed by atoms with Crippen LogP contribution in [-0.2, 0) is 13.2 Å². The quantitative estimate of drug-likeness (QED) is 0.805. The maximum absolute atomic E-state index is 5.79. The fourth-order valence-corrected chi connectivity index (χ4v) is 1.91. The lowest BCUT2D eigenvalue weighted by atomic mass is 10.0. The highest BCUT2D eigenvalue weighted by molar-refractivity contribution is 5.27. The molecule has 0 saturated carbocycles. The van der Waals surface area contributed by atoms with E-state index in [0.717, 1.165) is 18.7 Å². The van der Waals surface area contributed by atoms with E-state index in [4.69, 9.17) is 4.74 Å². The molecule has 0 fully saturated rings. The maximum atomic E-state index is 5.79. The van der Waals surface area contributed by atoms with Gasteiger partial charge in [0.25, 0.3) is 0 Å². The highest BCUT2D eigenvalue weighted by atomic mass is 16.5. The molecule has 0 aromatic heterocycles. The van der Waals surface area contributed by atoms with Crippen molar-refractivity contribution in [3.8, 4) is 5.75 Å². The van der Waals surface area contributed by atoms with Crippen LogP contribution in [0, 0.1) is 0 Å². The average molecular weight is 283 g/mol. The van der Waals surface area contributed by atoms with Crippen LogP contribution in [0.1, 0.15) is 38.3 Å². The van der Waals surface area contributed by atoms with Gasteiger partial charge < -0.3 is 10.1 Å². The zero-order valence-electron chi connectivity index (χ0n) is 13.2. The number of ether oxygens (including phenoxy) is 1. The van der Waals surface area contributed by atoms with E-state index in [9.17, 15) is 0 Å². The summed E-state index contributed by atoms with van der Waals surface area (Å²) in [5.74, 6) is 0.914. The highest BCUT2D eigenvalue weighted by Gasteiger charge is 2.13. The summed E-state index contributed by atoms with van der Waals surface area (Å²) < 4.78 is 5.79. The van der Waals surface area contributed by atoms with Crippen LogP contribution < -0.4 is 10.1 Å². The molecule has 0 spiro atoms. The van der Waals surface area contributed by atoms with E-state index in [1.165, 1.54) is 11.1 Å². The Morgan fingerprint density at radius 3 is 2.19 bits per heavy atom. The second-order valence-electron chi connectivity index (χ2n) is 6.01. The van der Waals surface area contributed by atoms with Crippen LogP contribution >= 0.6 is 0 Å². The first-order valence-electron chi connectivity index (χ1n) is 7.60. The average Bonchev–Trinajstić information content (AvgIpc) is 2.53. The molecule has 2 heteroatoms. The summed E-state index contributed by atoms with van der Waals surface area (Å²) in [5, 5.41) is 3.56. The van der Waals surface area contributed by atoms with Crippen molar-refractivity contribution < 1.29 is 4.74 Å². The van der Waals surface area contributed by atoms with E-state index in [2.05, 4.69) is 50.4 Å². The predicted octanol–water partition coefficient (Wildman–Crippen LogP) is 4.54. The summed E-state index contributed by atoms with van der Waals surface area (Å²) >= 11 is 0. The van der Waals surface area contributed by atoms with Crippen molar-refractivity contribution in [3.05, 3.63) is 65.7 Å². The van der Waals surface area contributed by atoms with Crippen LogP contribution in [-0.4, -0.2) is 5.54 Å². The van der Waals surface area contributed by atoms with Gasteiger partial charge >= 0.3 is 0 Å². The van der Waals surface area contributed by atoms with Crippen molar-refractivity contribution >= 4 is 0 Å². The van der Waals surface area contributed by atoms with Gasteiger partial charge in [-0.15, -0.1) is 0 Å². The van der Waals surface area contributed by atoms with Gasteiger partial charge in [0, 0.05) is 12.1 Å². The third-order valence-corrected chi connectivity index (χ3v) is 3.83. The predicted molar refractivity (Wildman–Crippen MR) is 88.4 cm³/mol. The SMILES string of the molecule is CCC(C)(C)NCc1ccc(OCc2ccccc2)cc1. The van der Waals surface area contributed by atoms with E-state index in [1.807, 2.05) is 30.3 Å². The molecule has 2 aromatic rings. The van der Waals surface area contributed by atoms with E-state index >= 15 is 0 Å². The van der Waals surface area contributed by atoms with Gasteiger partial charge in [0.1, 0.15) is 12.4 Å². The molecule has 21 heavy (non-hydrogen) atoms. The van der Waals surface area contributed by atoms with Crippen molar-refractivity contribution in [2.24, 2.45) is 0 Å². The van der Waals surface area contributed by atoms with Gasteiger partial charge in [-0.3, -0.25) is 0 Å². The Labute approximate surface area is 128 Å². The molecule has 112 valence electrons. The van der Waals surface area contributed by atoms with E-state index in [1.54, 1.807) is 0 Å². The first kappa shape index (κ1) is 15.6. The van der Waals surface area contributed by atoms with Crippen LogP contribution in [0.4, 0.5) is 0 Å². The van der Waals surface area contributed by atoms with Gasteiger partial charge in [-0.1, -0.05) is 49.4 Å². The fraction of sp³-hybridized carbons (Fsp3) is 0.368. The van der Waals surface area contributed by atoms with Crippen molar-refractivity contribution in [2.45, 2.75) is 45.9 Å². The van der Waals surface area contributed by atoms with Crippen molar-refractivity contribution in [1.29, 1.82) is 0 Å². The number of nitrogens with one attached hydrogen (secondary N) is 1. The lowest BCUT2D eigenvalue weighted by Gasteiger charge is -2.24. The second-order valence-corrected chi connectivity index (χ2v) is 6.01. The number of hydrogen-bond acceptors (Lipinski definition) is 2. The summed E-state index contributed by atoms with van der Waals surface area (Å²) in [6.45, 7) is 8.16. The minimum absolute atomic E-state index is 0.183. The zero-order chi connectivity index (χ0) is 15.1. The smallest absolute Gasteiger partial charge is 0.119 e. The van der Waals surface area contributed by atoms with Crippen LogP contribution in [0.25, 0.3) is 0 Å². The molecule has 2 rings (SSSR count). The van der Waals surface area contributed by atoms with Crippen LogP contribution in [0.2, 0.25) is 0 Å². The Bertz CT molecular complexity index is 531. The molecule has 0 saturated heterocycles. The molecule has 0 amide bonds. The minimum atomic E-state index is 0.183. The molecule has 2 nitrogen and oxygen atoms in total. The molecular weight excluding hydrogens is 258 g/mol. The third kappa shape index (κ3) is 5.24. The number of hydrogen-bond donors (Lipinski definition) is 1. The van der Waals surface area contributed by atoms with E-state index < -0.39 is 0 Å². The van der Waals surface area contributed by atoms with Crippen molar-refractivity contribution in [3.63, 3.8) is 0 Å². The Morgan fingerprint density at radius 1 is 0.905 bits per heavy atom. The Balaban J connectivity index is 1.84. The van der Waals surface area contributed by atoms with Crippen molar-refractivity contribution in [2.75, 3.05) is 0 Å². The lowest BCUT2D eigenvalue weighted by molar-refractivity contribution is 0.306. The molecule has 0 aliphatic rings. The summed E-state index contributed by atoms with van der Waals surface area (Å²) in [6, 6.07) is 18.6. The fourth-order valence-electron chi connectivity index (χ4n) is 1.91. The van der Waals surface area contributed by atoms with Gasteiger partial charge in [-0.25, -0.2) is 0 Å². The molecule has 0 atom stereocenters. The highest BCUT2D eigenvalue weighted by Crippen LogP contribution is 2.15. The molecule has 0 bridgehead atoms. The summed E-state index contributed by atoms with van der Waals surface area (Å²) in [4.78, 5) is 0. The van der Waals surface area contributed by atoms with E-state index in [0.29, 0.717) is 6.61 Å². The molecule has 0 unspecified atom stereocenters. The molecule has 2 aromatic carbocycles. The van der Waals surface area contributed by atoms with Crippen LogP contribution in [0.15, 0.2) is 54.6 Å². The molecule has 0 aliphatic carbocycles. The molecular formula is C19H25NO. The normalized spacial score (nSPS) is 11.4. The number of rotatable bonds is 7. The molecule has 1 N–H and O–H groups in total. The molecule has 0 aliphatic heterocycles. The van der Waals surface area contributed by atoms with Crippen LogP contribution in [0.3, 0.4) is 0 Å². The topological polar surface area (TPSA) is 21.3 Å². The standard InChI is InChI=1S/C19H25NO/c1-4-19(2,3)20-14-16-10-12-18(13-11-16)21-15-17-8-6-5-7-9-17/h5-13,20H,4,14-15H2,1-3H3. The van der Waals surface area contributed by atoms with E-state index in [-0.39, 0.29) is 5.54 Å². The second kappa shape index (κ2) is 7.28. The van der Waals surface area contributed by atoms with Gasteiger partial charge in [0.05, 0.1) is 0 Å². The zero-order valence-corrected chi connectivity index (χ0v) is 13.2. The Hall–Kier alpha value is -1.80. The summed E-state index contributed by atoms with van der Waals surface area (Å²) in [6.07, 6.45) is 1.12. The maximum Gasteiger partial charge on any atom is 0.119 e. The summed E-state index contributed by atoms with van der Waals surface area (Å²) in [5.41, 5.74) is 2.65. The first-order valence-corrected chi connectivity index (χ1v) is 7.60. The molecule has 0 heterocycles.